The minimum absolute atomic E-state index is 0.0224. The second-order valence-corrected chi connectivity index (χ2v) is 8.15. The Balaban J connectivity index is 1.31. The number of piperidine rings is 1. The molecule has 0 saturated carbocycles. The highest BCUT2D eigenvalue weighted by Crippen LogP contribution is 2.29. The van der Waals surface area contributed by atoms with Crippen LogP contribution in [0.25, 0.3) is 11.6 Å². The predicted octanol–water partition coefficient (Wildman–Crippen LogP) is 3.84. The fourth-order valence-corrected chi connectivity index (χ4v) is 3.75. The summed E-state index contributed by atoms with van der Waals surface area (Å²) >= 11 is 3.39. The van der Waals surface area contributed by atoms with Gasteiger partial charge in [-0.1, -0.05) is 0 Å². The molecule has 3 heterocycles. The van der Waals surface area contributed by atoms with Gasteiger partial charge in [0.1, 0.15) is 17.7 Å². The Morgan fingerprint density at radius 3 is 2.91 bits per heavy atom. The third-order valence-electron chi connectivity index (χ3n) is 5.04. The number of rotatable bonds is 8. The average Bonchev–Trinajstić information content (AvgIpc) is 3.45. The number of esters is 1. The number of halogens is 2. The largest absolute Gasteiger partial charge is 0.489 e. The summed E-state index contributed by atoms with van der Waals surface area (Å²) in [5.74, 6) is 0.720. The highest BCUT2D eigenvalue weighted by atomic mass is 79.9. The quantitative estimate of drug-likeness (QED) is 0.424. The van der Waals surface area contributed by atoms with Gasteiger partial charge in [-0.2, -0.15) is 10.1 Å². The maximum atomic E-state index is 13.5. The number of carbonyl (C=O) groups is 1. The van der Waals surface area contributed by atoms with Crippen molar-refractivity contribution < 1.29 is 23.2 Å². The molecule has 1 aliphatic heterocycles. The van der Waals surface area contributed by atoms with Gasteiger partial charge in [-0.25, -0.2) is 4.39 Å². The maximum absolute atomic E-state index is 13.5. The first kappa shape index (κ1) is 22.3. The van der Waals surface area contributed by atoms with E-state index in [9.17, 15) is 9.18 Å². The standard InChI is InChI=1S/C21H23BrFN5O4/c1-2-30-19(29)8-12-28-11-7-17(25-28)20-24-21(26-32-20)27-9-5-15(6-10-27)31-18-13-14(23)3-4-16(18)22/h3-4,7,11,13,15H,2,5-6,8-10,12H2,1H3. The van der Waals surface area contributed by atoms with Gasteiger partial charge in [-0.05, 0) is 46.2 Å². The number of carbonyl (C=O) groups excluding carboxylic acids is 1. The first-order chi connectivity index (χ1) is 15.5. The maximum Gasteiger partial charge on any atom is 0.307 e. The summed E-state index contributed by atoms with van der Waals surface area (Å²) in [6.07, 6.45) is 3.47. The SMILES string of the molecule is CCOC(=O)CCn1ccc(-c2nc(N3CCC(Oc4cc(F)ccc4Br)CC3)no2)n1. The Kier molecular flexibility index (Phi) is 7.03. The van der Waals surface area contributed by atoms with Crippen LogP contribution in [-0.4, -0.2) is 51.7 Å². The molecule has 9 nitrogen and oxygen atoms in total. The molecule has 0 bridgehead atoms. The van der Waals surface area contributed by atoms with Gasteiger partial charge in [0.2, 0.25) is 0 Å². The van der Waals surface area contributed by atoms with Crippen LogP contribution in [0.2, 0.25) is 0 Å². The predicted molar refractivity (Wildman–Crippen MR) is 117 cm³/mol. The molecule has 0 aliphatic carbocycles. The van der Waals surface area contributed by atoms with Gasteiger partial charge in [-0.3, -0.25) is 9.48 Å². The van der Waals surface area contributed by atoms with Crippen LogP contribution in [-0.2, 0) is 16.1 Å². The Labute approximate surface area is 192 Å². The van der Waals surface area contributed by atoms with Gasteiger partial charge >= 0.3 is 5.97 Å². The van der Waals surface area contributed by atoms with Crippen molar-refractivity contribution in [1.82, 2.24) is 19.9 Å². The lowest BCUT2D eigenvalue weighted by molar-refractivity contribution is -0.143. The number of anilines is 1. The van der Waals surface area contributed by atoms with Crippen molar-refractivity contribution in [2.45, 2.75) is 38.8 Å². The number of nitrogens with zero attached hydrogens (tertiary/aromatic N) is 5. The van der Waals surface area contributed by atoms with E-state index in [1.165, 1.54) is 12.1 Å². The van der Waals surface area contributed by atoms with Crippen molar-refractivity contribution in [3.8, 4) is 17.3 Å². The second kappa shape index (κ2) is 10.1. The Morgan fingerprint density at radius 1 is 1.31 bits per heavy atom. The summed E-state index contributed by atoms with van der Waals surface area (Å²) < 4.78 is 32.1. The third kappa shape index (κ3) is 5.45. The molecule has 0 spiro atoms. The van der Waals surface area contributed by atoms with E-state index in [-0.39, 0.29) is 24.3 Å². The van der Waals surface area contributed by atoms with Crippen LogP contribution in [0.15, 0.2) is 39.5 Å². The van der Waals surface area contributed by atoms with Crippen molar-refractivity contribution in [3.63, 3.8) is 0 Å². The molecule has 170 valence electrons. The van der Waals surface area contributed by atoms with E-state index in [4.69, 9.17) is 14.0 Å². The molecule has 11 heteroatoms. The molecule has 0 amide bonds. The minimum atomic E-state index is -0.330. The first-order valence-corrected chi connectivity index (χ1v) is 11.2. The molecule has 0 radical (unpaired) electrons. The van der Waals surface area contributed by atoms with E-state index in [0.29, 0.717) is 49.5 Å². The molecule has 1 aromatic carbocycles. The monoisotopic (exact) mass is 507 g/mol. The second-order valence-electron chi connectivity index (χ2n) is 7.30. The van der Waals surface area contributed by atoms with Crippen LogP contribution in [0.5, 0.6) is 5.75 Å². The highest BCUT2D eigenvalue weighted by Gasteiger charge is 2.25. The van der Waals surface area contributed by atoms with Crippen molar-refractivity contribution >= 4 is 27.8 Å². The molecule has 1 aliphatic rings. The molecule has 32 heavy (non-hydrogen) atoms. The number of aryl methyl sites for hydroxylation is 1. The van der Waals surface area contributed by atoms with E-state index in [1.807, 2.05) is 4.90 Å². The number of hydrogen-bond acceptors (Lipinski definition) is 8. The fourth-order valence-electron chi connectivity index (χ4n) is 3.41. The van der Waals surface area contributed by atoms with E-state index < -0.39 is 0 Å². The zero-order valence-corrected chi connectivity index (χ0v) is 19.1. The topological polar surface area (TPSA) is 95.5 Å². The van der Waals surface area contributed by atoms with Crippen LogP contribution < -0.4 is 9.64 Å². The Morgan fingerprint density at radius 2 is 2.12 bits per heavy atom. The molecule has 3 aromatic rings. The molecule has 0 N–H and O–H groups in total. The third-order valence-corrected chi connectivity index (χ3v) is 5.69. The molecule has 1 fully saturated rings. The van der Waals surface area contributed by atoms with E-state index in [0.717, 1.165) is 17.3 Å². The zero-order valence-electron chi connectivity index (χ0n) is 17.5. The fraction of sp³-hybridized carbons (Fsp3) is 0.429. The number of ether oxygens (including phenoxy) is 2. The van der Waals surface area contributed by atoms with Gasteiger partial charge in [-0.15, -0.1) is 0 Å². The molecule has 2 aromatic heterocycles. The molecular formula is C21H23BrFN5O4. The van der Waals surface area contributed by atoms with Gasteiger partial charge in [0, 0.05) is 38.2 Å². The lowest BCUT2D eigenvalue weighted by atomic mass is 10.1. The van der Waals surface area contributed by atoms with Crippen LogP contribution in [0.1, 0.15) is 26.2 Å². The van der Waals surface area contributed by atoms with E-state index in [1.54, 1.807) is 29.9 Å². The number of aromatic nitrogens is 4. The zero-order chi connectivity index (χ0) is 22.5. The van der Waals surface area contributed by atoms with Crippen LogP contribution in [0.4, 0.5) is 10.3 Å². The number of hydrogen-bond donors (Lipinski definition) is 0. The Hall–Kier alpha value is -2.95. The molecule has 4 rings (SSSR count). The number of benzene rings is 1. The highest BCUT2D eigenvalue weighted by molar-refractivity contribution is 9.10. The molecular weight excluding hydrogens is 485 g/mol. The van der Waals surface area contributed by atoms with Crippen molar-refractivity contribution in [1.29, 1.82) is 0 Å². The van der Waals surface area contributed by atoms with Gasteiger partial charge in [0.25, 0.3) is 11.8 Å². The van der Waals surface area contributed by atoms with Crippen molar-refractivity contribution in [2.75, 3.05) is 24.6 Å². The molecule has 0 unspecified atom stereocenters. The lowest BCUT2D eigenvalue weighted by Crippen LogP contribution is -2.38. The van der Waals surface area contributed by atoms with Crippen molar-refractivity contribution in [3.05, 3.63) is 40.8 Å². The Bertz CT molecular complexity index is 1060. The summed E-state index contributed by atoms with van der Waals surface area (Å²) in [5.41, 5.74) is 0.543. The first-order valence-electron chi connectivity index (χ1n) is 10.4. The summed E-state index contributed by atoms with van der Waals surface area (Å²) in [5, 5.41) is 8.46. The van der Waals surface area contributed by atoms with Gasteiger partial charge in [0.15, 0.2) is 5.69 Å². The van der Waals surface area contributed by atoms with Crippen LogP contribution >= 0.6 is 15.9 Å². The smallest absolute Gasteiger partial charge is 0.307 e. The summed E-state index contributed by atoms with van der Waals surface area (Å²) in [6.45, 7) is 3.92. The van der Waals surface area contributed by atoms with Gasteiger partial charge in [0.05, 0.1) is 24.0 Å². The summed E-state index contributed by atoms with van der Waals surface area (Å²) in [7, 11) is 0. The van der Waals surface area contributed by atoms with Crippen LogP contribution in [0, 0.1) is 5.82 Å². The molecule has 1 saturated heterocycles. The van der Waals surface area contributed by atoms with Crippen LogP contribution in [0.3, 0.4) is 0 Å². The summed E-state index contributed by atoms with van der Waals surface area (Å²) in [4.78, 5) is 18.0. The molecule has 0 atom stereocenters. The average molecular weight is 508 g/mol. The normalized spacial score (nSPS) is 14.5. The minimum Gasteiger partial charge on any atom is -0.489 e. The van der Waals surface area contributed by atoms with E-state index in [2.05, 4.69) is 31.2 Å². The summed E-state index contributed by atoms with van der Waals surface area (Å²) in [6, 6.07) is 6.17. The van der Waals surface area contributed by atoms with Crippen molar-refractivity contribution in [2.24, 2.45) is 0 Å². The van der Waals surface area contributed by atoms with E-state index >= 15 is 0 Å². The lowest BCUT2D eigenvalue weighted by Gasteiger charge is -2.31. The van der Waals surface area contributed by atoms with Gasteiger partial charge < -0.3 is 18.9 Å².